The molecule has 0 saturated carbocycles. The second-order valence-corrected chi connectivity index (χ2v) is 7.02. The predicted octanol–water partition coefficient (Wildman–Crippen LogP) is 2.17. The Kier molecular flexibility index (Phi) is 3.85. The molecular formula is C14H17IN2O2. The van der Waals surface area contributed by atoms with E-state index in [4.69, 9.17) is 0 Å². The summed E-state index contributed by atoms with van der Waals surface area (Å²) < 4.78 is 1.04. The second-order valence-electron chi connectivity index (χ2n) is 5.77. The molecule has 1 N–H and O–H groups in total. The van der Waals surface area contributed by atoms with Gasteiger partial charge in [0.25, 0.3) is 5.91 Å². The van der Waals surface area contributed by atoms with Crippen molar-refractivity contribution in [1.82, 2.24) is 5.32 Å². The molecule has 102 valence electrons. The van der Waals surface area contributed by atoms with Gasteiger partial charge < -0.3 is 10.2 Å². The molecule has 19 heavy (non-hydrogen) atoms. The summed E-state index contributed by atoms with van der Waals surface area (Å²) in [5.74, 6) is -0.160. The summed E-state index contributed by atoms with van der Waals surface area (Å²) in [7, 11) is 0. The van der Waals surface area contributed by atoms with Gasteiger partial charge in [0.15, 0.2) is 0 Å². The average molecular weight is 372 g/mol. The standard InChI is InChI=1S/C14H17IN2O2/c1-14(2,3)12-13(19)17(8-11(18)16-12)10-6-4-5-9(15)7-10/h4-7,12H,8H2,1-3H3,(H,16,18). The van der Waals surface area contributed by atoms with Gasteiger partial charge >= 0.3 is 0 Å². The van der Waals surface area contributed by atoms with Gasteiger partial charge in [0, 0.05) is 9.26 Å². The third-order valence-corrected chi connectivity index (χ3v) is 3.78. The number of carbonyl (C=O) groups is 2. The number of anilines is 1. The van der Waals surface area contributed by atoms with Gasteiger partial charge in [-0.15, -0.1) is 0 Å². The van der Waals surface area contributed by atoms with Crippen LogP contribution in [0.2, 0.25) is 0 Å². The number of hydrogen-bond acceptors (Lipinski definition) is 2. The summed E-state index contributed by atoms with van der Waals surface area (Å²) in [6.07, 6.45) is 0. The lowest BCUT2D eigenvalue weighted by molar-refractivity contribution is -0.133. The van der Waals surface area contributed by atoms with E-state index in [1.807, 2.05) is 45.0 Å². The Morgan fingerprint density at radius 2 is 2.00 bits per heavy atom. The Hall–Kier alpha value is -1.11. The molecule has 1 atom stereocenters. The highest BCUT2D eigenvalue weighted by Gasteiger charge is 2.40. The van der Waals surface area contributed by atoms with E-state index in [0.717, 1.165) is 9.26 Å². The number of nitrogens with zero attached hydrogens (tertiary/aromatic N) is 1. The highest BCUT2D eigenvalue weighted by atomic mass is 127. The van der Waals surface area contributed by atoms with E-state index < -0.39 is 6.04 Å². The minimum atomic E-state index is -0.480. The lowest BCUT2D eigenvalue weighted by Crippen LogP contribution is -2.62. The molecule has 0 aromatic heterocycles. The van der Waals surface area contributed by atoms with E-state index in [0.29, 0.717) is 0 Å². The van der Waals surface area contributed by atoms with E-state index in [1.165, 1.54) is 0 Å². The molecule has 2 amide bonds. The number of rotatable bonds is 1. The highest BCUT2D eigenvalue weighted by Crippen LogP contribution is 2.27. The monoisotopic (exact) mass is 372 g/mol. The Labute approximate surface area is 126 Å². The third-order valence-electron chi connectivity index (χ3n) is 3.11. The molecule has 1 heterocycles. The Bertz CT molecular complexity index is 522. The first-order valence-corrected chi connectivity index (χ1v) is 7.23. The summed E-state index contributed by atoms with van der Waals surface area (Å²) in [6, 6.07) is 7.14. The number of nitrogens with one attached hydrogen (secondary N) is 1. The summed E-state index contributed by atoms with van der Waals surface area (Å²) in [5, 5.41) is 2.79. The Morgan fingerprint density at radius 1 is 1.32 bits per heavy atom. The summed E-state index contributed by atoms with van der Waals surface area (Å²) in [4.78, 5) is 25.9. The molecule has 1 saturated heterocycles. The zero-order chi connectivity index (χ0) is 14.2. The zero-order valence-corrected chi connectivity index (χ0v) is 13.4. The van der Waals surface area contributed by atoms with E-state index in [1.54, 1.807) is 4.90 Å². The van der Waals surface area contributed by atoms with Crippen molar-refractivity contribution >= 4 is 40.1 Å². The zero-order valence-electron chi connectivity index (χ0n) is 11.2. The normalized spacial score (nSPS) is 20.4. The van der Waals surface area contributed by atoms with Crippen LogP contribution >= 0.6 is 22.6 Å². The maximum absolute atomic E-state index is 12.5. The van der Waals surface area contributed by atoms with Gasteiger partial charge in [-0.2, -0.15) is 0 Å². The fraction of sp³-hybridized carbons (Fsp3) is 0.429. The van der Waals surface area contributed by atoms with E-state index >= 15 is 0 Å². The van der Waals surface area contributed by atoms with Crippen molar-refractivity contribution < 1.29 is 9.59 Å². The van der Waals surface area contributed by atoms with Crippen LogP contribution in [0.1, 0.15) is 20.8 Å². The van der Waals surface area contributed by atoms with Crippen molar-refractivity contribution in [1.29, 1.82) is 0 Å². The van der Waals surface area contributed by atoms with Gasteiger partial charge in [-0.1, -0.05) is 26.8 Å². The van der Waals surface area contributed by atoms with Crippen LogP contribution in [0.3, 0.4) is 0 Å². The molecule has 0 bridgehead atoms. The molecule has 1 aromatic rings. The van der Waals surface area contributed by atoms with Crippen molar-refractivity contribution in [3.05, 3.63) is 27.8 Å². The largest absolute Gasteiger partial charge is 0.342 e. The van der Waals surface area contributed by atoms with Crippen LogP contribution in [0.15, 0.2) is 24.3 Å². The minimum Gasteiger partial charge on any atom is -0.342 e. The van der Waals surface area contributed by atoms with Crippen LogP contribution < -0.4 is 10.2 Å². The van der Waals surface area contributed by atoms with Crippen molar-refractivity contribution in [2.75, 3.05) is 11.4 Å². The topological polar surface area (TPSA) is 49.4 Å². The fourth-order valence-corrected chi connectivity index (χ4v) is 2.62. The second kappa shape index (κ2) is 5.11. The first-order valence-electron chi connectivity index (χ1n) is 6.15. The highest BCUT2D eigenvalue weighted by molar-refractivity contribution is 14.1. The number of carbonyl (C=O) groups excluding carboxylic acids is 2. The van der Waals surface area contributed by atoms with Crippen LogP contribution in [0.4, 0.5) is 5.69 Å². The third kappa shape index (κ3) is 3.08. The van der Waals surface area contributed by atoms with Crippen LogP contribution in [-0.2, 0) is 9.59 Å². The molecule has 1 unspecified atom stereocenters. The van der Waals surface area contributed by atoms with Crippen molar-refractivity contribution in [3.8, 4) is 0 Å². The molecule has 2 rings (SSSR count). The molecule has 1 fully saturated rings. The SMILES string of the molecule is CC(C)(C)C1NC(=O)CN(c2cccc(I)c2)C1=O. The van der Waals surface area contributed by atoms with Crippen molar-refractivity contribution in [3.63, 3.8) is 0 Å². The molecule has 1 aliphatic heterocycles. The number of benzene rings is 1. The van der Waals surface area contributed by atoms with Crippen molar-refractivity contribution in [2.24, 2.45) is 5.41 Å². The molecule has 1 aromatic carbocycles. The Balaban J connectivity index is 2.35. The average Bonchev–Trinajstić information content (AvgIpc) is 2.30. The number of hydrogen-bond donors (Lipinski definition) is 1. The van der Waals surface area contributed by atoms with E-state index in [9.17, 15) is 9.59 Å². The number of piperazine rings is 1. The predicted molar refractivity (Wildman–Crippen MR) is 82.9 cm³/mol. The maximum Gasteiger partial charge on any atom is 0.250 e. The molecule has 5 heteroatoms. The van der Waals surface area contributed by atoms with Gasteiger partial charge in [0.1, 0.15) is 12.6 Å². The van der Waals surface area contributed by atoms with Gasteiger partial charge in [0.2, 0.25) is 5.91 Å². The first kappa shape index (κ1) is 14.3. The quantitative estimate of drug-likeness (QED) is 0.769. The van der Waals surface area contributed by atoms with Gasteiger partial charge in [-0.3, -0.25) is 9.59 Å². The van der Waals surface area contributed by atoms with Crippen LogP contribution in [-0.4, -0.2) is 24.4 Å². The molecule has 1 aliphatic rings. The van der Waals surface area contributed by atoms with Crippen molar-refractivity contribution in [2.45, 2.75) is 26.8 Å². The smallest absolute Gasteiger partial charge is 0.250 e. The van der Waals surface area contributed by atoms with Crippen LogP contribution in [0.5, 0.6) is 0 Å². The minimum absolute atomic E-state index is 0.0471. The maximum atomic E-state index is 12.5. The van der Waals surface area contributed by atoms with Gasteiger partial charge in [-0.25, -0.2) is 0 Å². The van der Waals surface area contributed by atoms with Crippen LogP contribution in [0, 0.1) is 8.99 Å². The summed E-state index contributed by atoms with van der Waals surface area (Å²) in [5.41, 5.74) is 0.480. The van der Waals surface area contributed by atoms with Gasteiger partial charge in [0.05, 0.1) is 0 Å². The number of halogens is 1. The lowest BCUT2D eigenvalue weighted by atomic mass is 9.84. The fourth-order valence-electron chi connectivity index (χ4n) is 2.10. The van der Waals surface area contributed by atoms with Gasteiger partial charge in [-0.05, 0) is 46.2 Å². The summed E-state index contributed by atoms with van der Waals surface area (Å²) in [6.45, 7) is 5.95. The molecule has 0 spiro atoms. The Morgan fingerprint density at radius 3 is 2.58 bits per heavy atom. The first-order chi connectivity index (χ1) is 8.79. The molecule has 4 nitrogen and oxygen atoms in total. The van der Waals surface area contributed by atoms with E-state index in [2.05, 4.69) is 27.9 Å². The molecular weight excluding hydrogens is 355 g/mol. The van der Waals surface area contributed by atoms with Crippen LogP contribution in [0.25, 0.3) is 0 Å². The molecule has 0 aliphatic carbocycles. The summed E-state index contributed by atoms with van der Waals surface area (Å²) >= 11 is 2.20. The van der Waals surface area contributed by atoms with E-state index in [-0.39, 0.29) is 23.8 Å². The molecule has 0 radical (unpaired) electrons. The number of amides is 2. The lowest BCUT2D eigenvalue weighted by Gasteiger charge is -2.38.